The van der Waals surface area contributed by atoms with E-state index in [1.54, 1.807) is 49.1 Å². The van der Waals surface area contributed by atoms with Crippen LogP contribution in [0.15, 0.2) is 57.0 Å². The van der Waals surface area contributed by atoms with Crippen molar-refractivity contribution in [3.05, 3.63) is 58.8 Å². The predicted molar refractivity (Wildman–Crippen MR) is 104 cm³/mol. The first-order valence-corrected chi connectivity index (χ1v) is 9.43. The first kappa shape index (κ1) is 19.2. The lowest BCUT2D eigenvalue weighted by atomic mass is 10.2. The molecule has 0 saturated heterocycles. The minimum atomic E-state index is -0.429. The molecule has 3 aromatic rings. The van der Waals surface area contributed by atoms with Crippen LogP contribution in [0, 0.1) is 0 Å². The number of nitrogens with zero attached hydrogens (tertiary/aromatic N) is 2. The van der Waals surface area contributed by atoms with Gasteiger partial charge in [-0.2, -0.15) is 0 Å². The van der Waals surface area contributed by atoms with Gasteiger partial charge in [-0.1, -0.05) is 23.9 Å². The topological polar surface area (TPSA) is 86.4 Å². The molecule has 1 atom stereocenters. The lowest BCUT2D eigenvalue weighted by Crippen LogP contribution is -2.32. The number of hydrogen-bond acceptors (Lipinski definition) is 6. The number of aromatic nitrogens is 2. The molecule has 2 heterocycles. The van der Waals surface area contributed by atoms with Crippen LogP contribution in [0.4, 0.5) is 0 Å². The third-order valence-electron chi connectivity index (χ3n) is 4.01. The van der Waals surface area contributed by atoms with Crippen molar-refractivity contribution >= 4 is 28.6 Å². The number of thioether (sulfide) groups is 1. The van der Waals surface area contributed by atoms with Gasteiger partial charge < -0.3 is 14.5 Å². The fraction of sp³-hybridized carbons (Fsp3) is 0.316. The lowest BCUT2D eigenvalue weighted by Gasteiger charge is -2.16. The van der Waals surface area contributed by atoms with Crippen LogP contribution in [0.1, 0.15) is 12.7 Å². The molecule has 1 amide bonds. The Morgan fingerprint density at radius 3 is 2.89 bits per heavy atom. The quantitative estimate of drug-likeness (QED) is 0.472. The van der Waals surface area contributed by atoms with Gasteiger partial charge in [0.15, 0.2) is 5.16 Å². The summed E-state index contributed by atoms with van der Waals surface area (Å²) in [7, 11) is 1.58. The Morgan fingerprint density at radius 2 is 2.15 bits per heavy atom. The number of methoxy groups -OCH3 is 1. The number of para-hydroxylation sites is 1. The molecule has 1 N–H and O–H groups in total. The van der Waals surface area contributed by atoms with Gasteiger partial charge in [0.25, 0.3) is 5.56 Å². The molecule has 142 valence electrons. The van der Waals surface area contributed by atoms with Gasteiger partial charge in [-0.25, -0.2) is 4.98 Å². The van der Waals surface area contributed by atoms with Gasteiger partial charge in [0, 0.05) is 7.11 Å². The number of carbonyl (C=O) groups excluding carboxylic acids is 1. The normalized spacial score (nSPS) is 12.2. The molecule has 0 aliphatic carbocycles. The van der Waals surface area contributed by atoms with E-state index < -0.39 is 5.25 Å². The zero-order valence-electron chi connectivity index (χ0n) is 15.2. The second kappa shape index (κ2) is 8.88. The summed E-state index contributed by atoms with van der Waals surface area (Å²) in [6, 6.07) is 10.8. The van der Waals surface area contributed by atoms with Crippen molar-refractivity contribution in [2.45, 2.75) is 30.4 Å². The van der Waals surface area contributed by atoms with E-state index in [1.165, 1.54) is 11.8 Å². The summed E-state index contributed by atoms with van der Waals surface area (Å²) in [6.07, 6.45) is 1.56. The largest absolute Gasteiger partial charge is 0.467 e. The van der Waals surface area contributed by atoms with Crippen LogP contribution < -0.4 is 10.9 Å². The van der Waals surface area contributed by atoms with Crippen LogP contribution in [0.25, 0.3) is 10.9 Å². The average Bonchev–Trinajstić information content (AvgIpc) is 3.19. The standard InChI is InChI=1S/C19H21N3O4S/c1-13(17(23)20-12-14-6-5-10-26-14)27-19-21-16-8-4-3-7-15(16)18(24)22(19)9-11-25-2/h3-8,10,13H,9,11-12H2,1-2H3,(H,20,23)/t13-/m1/s1. The molecule has 0 bridgehead atoms. The third-order valence-corrected chi connectivity index (χ3v) is 5.10. The number of amides is 1. The lowest BCUT2D eigenvalue weighted by molar-refractivity contribution is -0.120. The highest BCUT2D eigenvalue weighted by molar-refractivity contribution is 8.00. The number of nitrogens with one attached hydrogen (secondary N) is 1. The summed E-state index contributed by atoms with van der Waals surface area (Å²) in [6.45, 7) is 2.85. The minimum absolute atomic E-state index is 0.136. The first-order valence-electron chi connectivity index (χ1n) is 8.55. The Labute approximate surface area is 160 Å². The summed E-state index contributed by atoms with van der Waals surface area (Å²) >= 11 is 1.25. The highest BCUT2D eigenvalue weighted by Crippen LogP contribution is 2.22. The maximum atomic E-state index is 12.8. The third kappa shape index (κ3) is 4.58. The maximum Gasteiger partial charge on any atom is 0.262 e. The Balaban J connectivity index is 1.81. The number of ether oxygens (including phenoxy) is 1. The molecule has 0 aliphatic rings. The molecular weight excluding hydrogens is 366 g/mol. The molecule has 0 radical (unpaired) electrons. The van der Waals surface area contributed by atoms with E-state index in [-0.39, 0.29) is 11.5 Å². The molecular formula is C19H21N3O4S. The SMILES string of the molecule is COCCn1c(S[C@H](C)C(=O)NCc2ccco2)nc2ccccc2c1=O. The molecule has 27 heavy (non-hydrogen) atoms. The van der Waals surface area contributed by atoms with Crippen molar-refractivity contribution in [3.8, 4) is 0 Å². The second-order valence-electron chi connectivity index (χ2n) is 5.92. The van der Waals surface area contributed by atoms with E-state index in [0.717, 1.165) is 0 Å². The Morgan fingerprint density at radius 1 is 1.33 bits per heavy atom. The second-order valence-corrected chi connectivity index (χ2v) is 7.23. The number of furan rings is 1. The van der Waals surface area contributed by atoms with Gasteiger partial charge in [-0.05, 0) is 31.2 Å². The van der Waals surface area contributed by atoms with Gasteiger partial charge in [0.05, 0.1) is 42.1 Å². The number of hydrogen-bond donors (Lipinski definition) is 1. The molecule has 3 rings (SSSR count). The van der Waals surface area contributed by atoms with Crippen LogP contribution in [0.3, 0.4) is 0 Å². The van der Waals surface area contributed by atoms with E-state index in [9.17, 15) is 9.59 Å². The number of rotatable bonds is 8. The minimum Gasteiger partial charge on any atom is -0.467 e. The van der Waals surface area contributed by atoms with Crippen LogP contribution in [-0.2, 0) is 22.6 Å². The zero-order chi connectivity index (χ0) is 19.2. The van der Waals surface area contributed by atoms with Crippen molar-refractivity contribution in [2.75, 3.05) is 13.7 Å². The number of carbonyl (C=O) groups is 1. The molecule has 1 aromatic carbocycles. The summed E-state index contributed by atoms with van der Waals surface area (Å²) in [5.41, 5.74) is 0.477. The van der Waals surface area contributed by atoms with E-state index in [1.807, 2.05) is 12.1 Å². The fourth-order valence-electron chi connectivity index (χ4n) is 2.56. The molecule has 0 saturated carbocycles. The van der Waals surface area contributed by atoms with Crippen molar-refractivity contribution in [3.63, 3.8) is 0 Å². The molecule has 0 unspecified atom stereocenters. The van der Waals surface area contributed by atoms with Gasteiger partial charge in [0.1, 0.15) is 5.76 Å². The number of benzene rings is 1. The average molecular weight is 387 g/mol. The molecule has 8 heteroatoms. The molecule has 0 aliphatic heterocycles. The summed E-state index contributed by atoms with van der Waals surface area (Å²) in [5.74, 6) is 0.526. The van der Waals surface area contributed by atoms with Crippen LogP contribution >= 0.6 is 11.8 Å². The summed E-state index contributed by atoms with van der Waals surface area (Å²) < 4.78 is 11.9. The molecule has 0 fully saturated rings. The molecule has 7 nitrogen and oxygen atoms in total. The maximum absolute atomic E-state index is 12.8. The van der Waals surface area contributed by atoms with E-state index in [2.05, 4.69) is 10.3 Å². The predicted octanol–water partition coefficient (Wildman–Crippen LogP) is 2.43. The van der Waals surface area contributed by atoms with Gasteiger partial charge in [-0.3, -0.25) is 14.2 Å². The molecule has 0 spiro atoms. The monoisotopic (exact) mass is 387 g/mol. The highest BCUT2D eigenvalue weighted by atomic mass is 32.2. The van der Waals surface area contributed by atoms with Crippen LogP contribution in [0.2, 0.25) is 0 Å². The van der Waals surface area contributed by atoms with Crippen LogP contribution in [0.5, 0.6) is 0 Å². The van der Waals surface area contributed by atoms with E-state index in [4.69, 9.17) is 9.15 Å². The fourth-order valence-corrected chi connectivity index (χ4v) is 3.52. The van der Waals surface area contributed by atoms with Crippen molar-refractivity contribution in [2.24, 2.45) is 0 Å². The number of fused-ring (bicyclic) bond motifs is 1. The van der Waals surface area contributed by atoms with Crippen molar-refractivity contribution < 1.29 is 13.9 Å². The first-order chi connectivity index (χ1) is 13.1. The van der Waals surface area contributed by atoms with Crippen molar-refractivity contribution in [1.29, 1.82) is 0 Å². The summed E-state index contributed by atoms with van der Waals surface area (Å²) in [4.78, 5) is 29.8. The highest BCUT2D eigenvalue weighted by Gasteiger charge is 2.19. The van der Waals surface area contributed by atoms with Gasteiger partial charge in [0.2, 0.25) is 5.91 Å². The zero-order valence-corrected chi connectivity index (χ0v) is 16.0. The van der Waals surface area contributed by atoms with E-state index in [0.29, 0.717) is 41.5 Å². The van der Waals surface area contributed by atoms with Gasteiger partial charge in [-0.15, -0.1) is 0 Å². The Kier molecular flexibility index (Phi) is 6.31. The van der Waals surface area contributed by atoms with Crippen molar-refractivity contribution in [1.82, 2.24) is 14.9 Å². The van der Waals surface area contributed by atoms with Gasteiger partial charge >= 0.3 is 0 Å². The molecule has 2 aromatic heterocycles. The van der Waals surface area contributed by atoms with E-state index >= 15 is 0 Å². The van der Waals surface area contributed by atoms with Crippen LogP contribution in [-0.4, -0.2) is 34.4 Å². The Hall–Kier alpha value is -2.58. The Bertz CT molecular complexity index is 969. The smallest absolute Gasteiger partial charge is 0.262 e. The summed E-state index contributed by atoms with van der Waals surface area (Å²) in [5, 5.41) is 3.44.